The van der Waals surface area contributed by atoms with Crippen molar-refractivity contribution in [3.8, 4) is 0 Å². The maximum Gasteiger partial charge on any atom is 0.221 e. The van der Waals surface area contributed by atoms with E-state index >= 15 is 0 Å². The third-order valence-corrected chi connectivity index (χ3v) is 4.10. The Morgan fingerprint density at radius 1 is 1.39 bits per heavy atom. The normalized spacial score (nSPS) is 14.0. The molecule has 0 saturated heterocycles. The summed E-state index contributed by atoms with van der Waals surface area (Å²) in [5.41, 5.74) is 4.29. The zero-order valence-electron chi connectivity index (χ0n) is 13.9. The van der Waals surface area contributed by atoms with Crippen molar-refractivity contribution >= 4 is 17.3 Å². The summed E-state index contributed by atoms with van der Waals surface area (Å²) >= 11 is 0. The molecule has 0 unspecified atom stereocenters. The smallest absolute Gasteiger partial charge is 0.221 e. The summed E-state index contributed by atoms with van der Waals surface area (Å²) in [5, 5.41) is 11.4. The van der Waals surface area contributed by atoms with Gasteiger partial charge >= 0.3 is 0 Å². The summed E-state index contributed by atoms with van der Waals surface area (Å²) in [4.78, 5) is 13.7. The molecule has 3 rings (SSSR count). The van der Waals surface area contributed by atoms with E-state index in [4.69, 9.17) is 0 Å². The van der Waals surface area contributed by atoms with E-state index in [1.54, 1.807) is 6.92 Å². The lowest BCUT2D eigenvalue weighted by molar-refractivity contribution is -0.114. The second kappa shape index (κ2) is 6.40. The lowest BCUT2D eigenvalue weighted by Gasteiger charge is -2.31. The minimum Gasteiger partial charge on any atom is -0.365 e. The van der Waals surface area contributed by atoms with E-state index in [0.717, 1.165) is 37.3 Å². The van der Waals surface area contributed by atoms with Crippen molar-refractivity contribution in [2.75, 3.05) is 16.8 Å². The third-order valence-electron chi connectivity index (χ3n) is 4.10. The maximum absolute atomic E-state index is 11.4. The Hall–Kier alpha value is -2.37. The summed E-state index contributed by atoms with van der Waals surface area (Å²) < 4.78 is 1.88. The van der Waals surface area contributed by atoms with Gasteiger partial charge in [0.25, 0.3) is 0 Å². The first kappa shape index (κ1) is 15.5. The number of hydrogen-bond donors (Lipinski definition) is 1. The number of aromatic nitrogens is 3. The molecule has 0 fully saturated rings. The van der Waals surface area contributed by atoms with Gasteiger partial charge in [-0.1, -0.05) is 11.3 Å². The fourth-order valence-electron chi connectivity index (χ4n) is 3.01. The number of amides is 1. The van der Waals surface area contributed by atoms with E-state index in [1.165, 1.54) is 11.3 Å². The van der Waals surface area contributed by atoms with Crippen LogP contribution in [0.3, 0.4) is 0 Å². The molecule has 122 valence electrons. The van der Waals surface area contributed by atoms with E-state index in [-0.39, 0.29) is 5.91 Å². The topological polar surface area (TPSA) is 63.1 Å². The molecule has 0 aliphatic carbocycles. The van der Waals surface area contributed by atoms with Gasteiger partial charge in [0.1, 0.15) is 5.69 Å². The molecule has 1 aliphatic heterocycles. The lowest BCUT2D eigenvalue weighted by atomic mass is 9.99. The van der Waals surface area contributed by atoms with Gasteiger partial charge in [-0.3, -0.25) is 4.79 Å². The maximum atomic E-state index is 11.4. The quantitative estimate of drug-likeness (QED) is 0.943. The van der Waals surface area contributed by atoms with Crippen LogP contribution in [0.2, 0.25) is 0 Å². The van der Waals surface area contributed by atoms with Crippen molar-refractivity contribution < 1.29 is 4.79 Å². The average molecular weight is 313 g/mol. The minimum absolute atomic E-state index is 0.0320. The first-order valence-electron chi connectivity index (χ1n) is 8.09. The van der Waals surface area contributed by atoms with Crippen molar-refractivity contribution in [1.29, 1.82) is 0 Å². The van der Waals surface area contributed by atoms with Crippen molar-refractivity contribution in [2.24, 2.45) is 0 Å². The zero-order valence-corrected chi connectivity index (χ0v) is 13.9. The molecule has 1 aromatic heterocycles. The Bertz CT molecular complexity index is 707. The summed E-state index contributed by atoms with van der Waals surface area (Å²) in [6.45, 7) is 7.46. The van der Waals surface area contributed by atoms with Gasteiger partial charge in [0.05, 0.1) is 12.7 Å². The number of carbonyl (C=O) groups is 1. The number of anilines is 2. The summed E-state index contributed by atoms with van der Waals surface area (Å²) in [6, 6.07) is 6.40. The van der Waals surface area contributed by atoms with Crippen LogP contribution in [-0.2, 0) is 17.8 Å². The van der Waals surface area contributed by atoms with E-state index in [1.807, 2.05) is 23.0 Å². The van der Waals surface area contributed by atoms with Gasteiger partial charge in [-0.15, -0.1) is 5.10 Å². The SMILES string of the molecule is CC(=O)Nc1cccc2c1CCCN2Cc1cn(C(C)C)nn1. The predicted molar refractivity (Wildman–Crippen MR) is 90.5 cm³/mol. The van der Waals surface area contributed by atoms with Crippen LogP contribution in [-0.4, -0.2) is 27.4 Å². The highest BCUT2D eigenvalue weighted by atomic mass is 16.1. The molecule has 1 aliphatic rings. The molecule has 2 aromatic rings. The van der Waals surface area contributed by atoms with Gasteiger partial charge in [0.2, 0.25) is 5.91 Å². The molecular weight excluding hydrogens is 290 g/mol. The highest BCUT2D eigenvalue weighted by Crippen LogP contribution is 2.33. The van der Waals surface area contributed by atoms with E-state index in [2.05, 4.69) is 40.4 Å². The molecule has 0 bridgehead atoms. The Kier molecular flexibility index (Phi) is 4.32. The Balaban J connectivity index is 1.84. The van der Waals surface area contributed by atoms with Crippen LogP contribution >= 0.6 is 0 Å². The van der Waals surface area contributed by atoms with Crippen LogP contribution in [0.5, 0.6) is 0 Å². The first-order chi connectivity index (χ1) is 11.0. The second-order valence-corrected chi connectivity index (χ2v) is 6.29. The van der Waals surface area contributed by atoms with Gasteiger partial charge in [0, 0.05) is 30.9 Å². The van der Waals surface area contributed by atoms with E-state index in [0.29, 0.717) is 6.04 Å². The molecule has 2 heterocycles. The average Bonchev–Trinajstić information content (AvgIpc) is 2.96. The highest BCUT2D eigenvalue weighted by molar-refractivity contribution is 5.90. The number of nitrogens with one attached hydrogen (secondary N) is 1. The molecule has 0 atom stereocenters. The molecule has 23 heavy (non-hydrogen) atoms. The largest absolute Gasteiger partial charge is 0.365 e. The Morgan fingerprint density at radius 2 is 2.22 bits per heavy atom. The molecule has 1 amide bonds. The molecule has 6 heteroatoms. The van der Waals surface area contributed by atoms with E-state index in [9.17, 15) is 4.79 Å². The fraction of sp³-hybridized carbons (Fsp3) is 0.471. The van der Waals surface area contributed by atoms with Crippen LogP contribution < -0.4 is 10.2 Å². The molecule has 0 radical (unpaired) electrons. The number of nitrogens with zero attached hydrogens (tertiary/aromatic N) is 4. The molecule has 6 nitrogen and oxygen atoms in total. The van der Waals surface area contributed by atoms with Crippen molar-refractivity contribution in [3.63, 3.8) is 0 Å². The molecule has 0 spiro atoms. The van der Waals surface area contributed by atoms with Crippen LogP contribution in [0.15, 0.2) is 24.4 Å². The summed E-state index contributed by atoms with van der Waals surface area (Å²) in [5.74, 6) is -0.0320. The van der Waals surface area contributed by atoms with Gasteiger partial charge < -0.3 is 10.2 Å². The second-order valence-electron chi connectivity index (χ2n) is 6.29. The molecule has 1 N–H and O–H groups in total. The van der Waals surface area contributed by atoms with E-state index < -0.39 is 0 Å². The first-order valence-corrected chi connectivity index (χ1v) is 8.09. The van der Waals surface area contributed by atoms with Crippen LogP contribution in [0.25, 0.3) is 0 Å². The number of carbonyl (C=O) groups excluding carboxylic acids is 1. The van der Waals surface area contributed by atoms with Crippen LogP contribution in [0, 0.1) is 0 Å². The number of fused-ring (bicyclic) bond motifs is 1. The predicted octanol–water partition coefficient (Wildman–Crippen LogP) is 2.77. The summed E-state index contributed by atoms with van der Waals surface area (Å²) in [6.07, 6.45) is 4.07. The number of hydrogen-bond acceptors (Lipinski definition) is 4. The van der Waals surface area contributed by atoms with Gasteiger partial charge in [-0.25, -0.2) is 4.68 Å². The lowest BCUT2D eigenvalue weighted by Crippen LogP contribution is -2.29. The highest BCUT2D eigenvalue weighted by Gasteiger charge is 2.21. The molecule has 0 saturated carbocycles. The standard InChI is InChI=1S/C17H23N5O/c1-12(2)22-11-14(19-20-22)10-21-9-5-6-15-16(18-13(3)23)7-4-8-17(15)21/h4,7-8,11-12H,5-6,9-10H2,1-3H3,(H,18,23). The monoisotopic (exact) mass is 313 g/mol. The number of rotatable bonds is 4. The Morgan fingerprint density at radius 3 is 2.91 bits per heavy atom. The van der Waals surface area contributed by atoms with Crippen molar-refractivity contribution in [2.45, 2.75) is 46.2 Å². The molecular formula is C17H23N5O. The van der Waals surface area contributed by atoms with Crippen LogP contribution in [0.4, 0.5) is 11.4 Å². The molecule has 1 aromatic carbocycles. The van der Waals surface area contributed by atoms with Gasteiger partial charge in [-0.05, 0) is 44.4 Å². The third kappa shape index (κ3) is 3.36. The van der Waals surface area contributed by atoms with Crippen molar-refractivity contribution in [3.05, 3.63) is 35.7 Å². The summed E-state index contributed by atoms with van der Waals surface area (Å²) in [7, 11) is 0. The van der Waals surface area contributed by atoms with Gasteiger partial charge in [-0.2, -0.15) is 0 Å². The van der Waals surface area contributed by atoms with Crippen LogP contribution in [0.1, 0.15) is 44.5 Å². The number of benzene rings is 1. The minimum atomic E-state index is -0.0320. The van der Waals surface area contributed by atoms with Crippen molar-refractivity contribution in [1.82, 2.24) is 15.0 Å². The van der Waals surface area contributed by atoms with Gasteiger partial charge in [0.15, 0.2) is 0 Å². The zero-order chi connectivity index (χ0) is 16.4. The fourth-order valence-corrected chi connectivity index (χ4v) is 3.01. The Labute approximate surface area is 136 Å².